The number of phenols is 2. The van der Waals surface area contributed by atoms with Crippen molar-refractivity contribution < 1.29 is 24.9 Å². The smallest absolute Gasteiger partial charge is 0.303 e. The fourth-order valence-electron chi connectivity index (χ4n) is 1.61. The molecular formula is C14H18N2O5. The molecule has 0 bridgehead atoms. The van der Waals surface area contributed by atoms with Gasteiger partial charge in [0.05, 0.1) is 6.21 Å². The Morgan fingerprint density at radius 1 is 1.14 bits per heavy atom. The first-order valence-electron chi connectivity index (χ1n) is 6.54. The van der Waals surface area contributed by atoms with E-state index in [1.807, 2.05) is 0 Å². The van der Waals surface area contributed by atoms with Crippen LogP contribution >= 0.6 is 0 Å². The topological polar surface area (TPSA) is 119 Å². The highest BCUT2D eigenvalue weighted by molar-refractivity contribution is 5.85. The van der Waals surface area contributed by atoms with E-state index < -0.39 is 5.97 Å². The average Bonchev–Trinajstić information content (AvgIpc) is 2.42. The molecule has 1 aromatic rings. The number of unbranched alkanes of at least 4 members (excludes halogenated alkanes) is 2. The summed E-state index contributed by atoms with van der Waals surface area (Å²) in [6.07, 6.45) is 3.39. The van der Waals surface area contributed by atoms with Crippen molar-refractivity contribution >= 4 is 18.1 Å². The Morgan fingerprint density at radius 3 is 2.57 bits per heavy atom. The summed E-state index contributed by atoms with van der Waals surface area (Å²) in [6.45, 7) is 0. The van der Waals surface area contributed by atoms with E-state index in [0.29, 0.717) is 19.3 Å². The van der Waals surface area contributed by atoms with Crippen molar-refractivity contribution in [3.05, 3.63) is 23.8 Å². The van der Waals surface area contributed by atoms with Crippen LogP contribution in [0.3, 0.4) is 0 Å². The predicted octanol–water partition coefficient (Wildman–Crippen LogP) is 1.58. The molecule has 0 saturated carbocycles. The number of phenolic OH excluding ortho intramolecular Hbond substituents is 2. The van der Waals surface area contributed by atoms with Gasteiger partial charge in [-0.1, -0.05) is 6.42 Å². The number of nitrogens with zero attached hydrogens (tertiary/aromatic N) is 1. The first-order valence-corrected chi connectivity index (χ1v) is 6.54. The Bertz CT molecular complexity index is 528. The summed E-state index contributed by atoms with van der Waals surface area (Å²) < 4.78 is 0. The summed E-state index contributed by atoms with van der Waals surface area (Å²) in [7, 11) is 0. The molecule has 0 aliphatic rings. The van der Waals surface area contributed by atoms with Crippen LogP contribution in [0.2, 0.25) is 0 Å². The zero-order chi connectivity index (χ0) is 15.7. The van der Waals surface area contributed by atoms with Gasteiger partial charge in [0.15, 0.2) is 0 Å². The zero-order valence-electron chi connectivity index (χ0n) is 11.5. The summed E-state index contributed by atoms with van der Waals surface area (Å²) in [5, 5.41) is 30.9. The maximum atomic E-state index is 11.4. The van der Waals surface area contributed by atoms with Gasteiger partial charge in [-0.05, 0) is 31.0 Å². The Labute approximate surface area is 121 Å². The van der Waals surface area contributed by atoms with Crippen molar-refractivity contribution in [3.63, 3.8) is 0 Å². The fraction of sp³-hybridized carbons (Fsp3) is 0.357. The molecule has 0 aliphatic carbocycles. The van der Waals surface area contributed by atoms with Crippen LogP contribution < -0.4 is 5.43 Å². The van der Waals surface area contributed by atoms with Crippen molar-refractivity contribution in [1.82, 2.24) is 5.43 Å². The van der Waals surface area contributed by atoms with Gasteiger partial charge in [-0.25, -0.2) is 5.43 Å². The van der Waals surface area contributed by atoms with Gasteiger partial charge in [-0.3, -0.25) is 9.59 Å². The Hall–Kier alpha value is -2.57. The predicted molar refractivity (Wildman–Crippen MR) is 76.2 cm³/mol. The van der Waals surface area contributed by atoms with E-state index in [4.69, 9.17) is 5.11 Å². The van der Waals surface area contributed by atoms with Crippen LogP contribution in [0, 0.1) is 0 Å². The number of hydrogen-bond acceptors (Lipinski definition) is 5. The molecule has 0 aliphatic heterocycles. The lowest BCUT2D eigenvalue weighted by molar-refractivity contribution is -0.137. The first kappa shape index (κ1) is 16.5. The first-order chi connectivity index (χ1) is 9.99. The lowest BCUT2D eigenvalue weighted by Crippen LogP contribution is -2.16. The normalized spacial score (nSPS) is 10.7. The largest absolute Gasteiger partial charge is 0.508 e. The molecule has 1 amide bonds. The third kappa shape index (κ3) is 6.95. The van der Waals surface area contributed by atoms with E-state index in [1.165, 1.54) is 24.4 Å². The van der Waals surface area contributed by atoms with Crippen molar-refractivity contribution in [2.24, 2.45) is 5.10 Å². The van der Waals surface area contributed by atoms with Crippen LogP contribution in [-0.4, -0.2) is 33.4 Å². The summed E-state index contributed by atoms with van der Waals surface area (Å²) in [5.74, 6) is -1.20. The van der Waals surface area contributed by atoms with Crippen LogP contribution in [0.25, 0.3) is 0 Å². The van der Waals surface area contributed by atoms with Gasteiger partial charge < -0.3 is 15.3 Å². The molecule has 0 atom stereocenters. The Balaban J connectivity index is 2.27. The van der Waals surface area contributed by atoms with Gasteiger partial charge in [0, 0.05) is 18.4 Å². The van der Waals surface area contributed by atoms with Crippen molar-refractivity contribution in [1.29, 1.82) is 0 Å². The summed E-state index contributed by atoms with van der Waals surface area (Å²) in [5.41, 5.74) is 2.59. The zero-order valence-corrected chi connectivity index (χ0v) is 11.5. The van der Waals surface area contributed by atoms with Crippen LogP contribution in [0.15, 0.2) is 23.3 Å². The lowest BCUT2D eigenvalue weighted by Gasteiger charge is -2.01. The summed E-state index contributed by atoms with van der Waals surface area (Å²) in [6, 6.07) is 3.97. The molecule has 0 saturated heterocycles. The number of amides is 1. The maximum Gasteiger partial charge on any atom is 0.303 e. The molecule has 0 aromatic heterocycles. The number of carboxylic acids is 1. The molecule has 0 unspecified atom stereocenters. The number of rotatable bonds is 8. The number of nitrogens with one attached hydrogen (secondary N) is 1. The number of carbonyl (C=O) groups is 2. The lowest BCUT2D eigenvalue weighted by atomic mass is 10.1. The molecular weight excluding hydrogens is 276 g/mol. The molecule has 1 aromatic carbocycles. The monoisotopic (exact) mass is 294 g/mol. The third-order valence-corrected chi connectivity index (χ3v) is 2.70. The number of aliphatic carboxylic acids is 1. The summed E-state index contributed by atoms with van der Waals surface area (Å²) in [4.78, 5) is 21.7. The minimum atomic E-state index is -0.838. The van der Waals surface area contributed by atoms with E-state index >= 15 is 0 Å². The second-order valence-electron chi connectivity index (χ2n) is 4.49. The maximum absolute atomic E-state index is 11.4. The molecule has 1 rings (SSSR count). The second-order valence-corrected chi connectivity index (χ2v) is 4.49. The minimum absolute atomic E-state index is 0.0148. The molecule has 0 fully saturated rings. The molecule has 21 heavy (non-hydrogen) atoms. The summed E-state index contributed by atoms with van der Waals surface area (Å²) >= 11 is 0. The number of benzene rings is 1. The number of carbonyl (C=O) groups excluding carboxylic acids is 1. The number of hydrogen-bond donors (Lipinski definition) is 4. The molecule has 0 heterocycles. The number of aromatic hydroxyl groups is 2. The van der Waals surface area contributed by atoms with E-state index in [0.717, 1.165) is 0 Å². The van der Waals surface area contributed by atoms with Crippen molar-refractivity contribution in [3.8, 4) is 11.5 Å². The molecule has 0 spiro atoms. The average molecular weight is 294 g/mol. The quantitative estimate of drug-likeness (QED) is 0.251. The number of carboxylic acid groups (broad SMARTS) is 1. The van der Waals surface area contributed by atoms with Crippen LogP contribution in [-0.2, 0) is 9.59 Å². The number of hydrazone groups is 1. The Kier molecular flexibility index (Phi) is 6.73. The third-order valence-electron chi connectivity index (χ3n) is 2.70. The van der Waals surface area contributed by atoms with Crippen molar-refractivity contribution in [2.75, 3.05) is 0 Å². The van der Waals surface area contributed by atoms with Crippen LogP contribution in [0.4, 0.5) is 0 Å². The van der Waals surface area contributed by atoms with E-state index in [2.05, 4.69) is 10.5 Å². The van der Waals surface area contributed by atoms with Crippen molar-refractivity contribution in [2.45, 2.75) is 32.1 Å². The highest BCUT2D eigenvalue weighted by Crippen LogP contribution is 2.19. The fourth-order valence-corrected chi connectivity index (χ4v) is 1.61. The molecule has 114 valence electrons. The SMILES string of the molecule is O=C(O)CCCCCC(=O)N/N=C/c1cc(O)ccc1O. The van der Waals surface area contributed by atoms with E-state index in [9.17, 15) is 19.8 Å². The highest BCUT2D eigenvalue weighted by Gasteiger charge is 2.02. The van der Waals surface area contributed by atoms with E-state index in [1.54, 1.807) is 0 Å². The van der Waals surface area contributed by atoms with Gasteiger partial charge in [0.1, 0.15) is 11.5 Å². The van der Waals surface area contributed by atoms with Gasteiger partial charge in [0.2, 0.25) is 5.91 Å². The Morgan fingerprint density at radius 2 is 1.86 bits per heavy atom. The van der Waals surface area contributed by atoms with Crippen LogP contribution in [0.5, 0.6) is 11.5 Å². The van der Waals surface area contributed by atoms with Gasteiger partial charge in [0.25, 0.3) is 0 Å². The standard InChI is InChI=1S/C14H18N2O5/c17-11-6-7-12(18)10(8-11)9-15-16-13(19)4-2-1-3-5-14(20)21/h6-9,17-18H,1-5H2,(H,16,19)(H,20,21)/b15-9+. The van der Waals surface area contributed by atoms with Gasteiger partial charge in [-0.2, -0.15) is 5.10 Å². The molecule has 7 nitrogen and oxygen atoms in total. The second kappa shape index (κ2) is 8.57. The minimum Gasteiger partial charge on any atom is -0.508 e. The van der Waals surface area contributed by atoms with E-state index in [-0.39, 0.29) is 35.8 Å². The van der Waals surface area contributed by atoms with Crippen LogP contribution in [0.1, 0.15) is 37.7 Å². The van der Waals surface area contributed by atoms with Gasteiger partial charge in [-0.15, -0.1) is 0 Å². The molecule has 4 N–H and O–H groups in total. The highest BCUT2D eigenvalue weighted by atomic mass is 16.4. The van der Waals surface area contributed by atoms with Gasteiger partial charge >= 0.3 is 5.97 Å². The molecule has 0 radical (unpaired) electrons. The molecule has 7 heteroatoms.